The molecule has 5 nitrogen and oxygen atoms in total. The largest absolute Gasteiger partial charge is 0.325 e. The van der Waals surface area contributed by atoms with E-state index >= 15 is 0 Å². The van der Waals surface area contributed by atoms with Crippen LogP contribution in [0.4, 0.5) is 5.69 Å². The number of nitrogens with zero attached hydrogens (tertiary/aromatic N) is 2. The molecule has 1 heterocycles. The van der Waals surface area contributed by atoms with E-state index in [1.807, 2.05) is 6.07 Å². The van der Waals surface area contributed by atoms with Crippen LogP contribution >= 0.6 is 35.0 Å². The second-order valence-electron chi connectivity index (χ2n) is 6.38. The molecule has 0 atom stereocenters. The summed E-state index contributed by atoms with van der Waals surface area (Å²) in [5, 5.41) is 4.72. The lowest BCUT2D eigenvalue weighted by atomic mass is 10.2. The monoisotopic (exact) mass is 455 g/mol. The van der Waals surface area contributed by atoms with Gasteiger partial charge in [-0.05, 0) is 48.5 Å². The topological polar surface area (TPSA) is 64.0 Å². The SMILES string of the molecule is O=C(CSc1nc2ccccc2c(=O)n1-c1cccc(Cl)c1)Nc1cccc(Cl)c1. The Morgan fingerprint density at radius 1 is 0.967 bits per heavy atom. The maximum Gasteiger partial charge on any atom is 0.266 e. The number of thioether (sulfide) groups is 1. The van der Waals surface area contributed by atoms with Crippen LogP contribution < -0.4 is 10.9 Å². The zero-order valence-corrected chi connectivity index (χ0v) is 17.8. The molecule has 0 aliphatic carbocycles. The van der Waals surface area contributed by atoms with Gasteiger partial charge in [-0.25, -0.2) is 4.98 Å². The van der Waals surface area contributed by atoms with Gasteiger partial charge in [0, 0.05) is 15.7 Å². The number of amides is 1. The van der Waals surface area contributed by atoms with Gasteiger partial charge in [0.1, 0.15) is 0 Å². The first-order valence-electron chi connectivity index (χ1n) is 8.97. The van der Waals surface area contributed by atoms with Gasteiger partial charge < -0.3 is 5.32 Å². The van der Waals surface area contributed by atoms with Gasteiger partial charge in [-0.3, -0.25) is 14.2 Å². The normalized spacial score (nSPS) is 10.9. The minimum atomic E-state index is -0.234. The molecule has 30 heavy (non-hydrogen) atoms. The van der Waals surface area contributed by atoms with Crippen molar-refractivity contribution in [2.75, 3.05) is 11.1 Å². The number of anilines is 1. The second-order valence-corrected chi connectivity index (χ2v) is 8.19. The van der Waals surface area contributed by atoms with Crippen LogP contribution in [-0.2, 0) is 4.79 Å². The minimum Gasteiger partial charge on any atom is -0.325 e. The molecular formula is C22H15Cl2N3O2S. The molecule has 4 rings (SSSR count). The first-order chi connectivity index (χ1) is 14.5. The van der Waals surface area contributed by atoms with Crippen LogP contribution in [-0.4, -0.2) is 21.2 Å². The van der Waals surface area contributed by atoms with Crippen molar-refractivity contribution in [1.82, 2.24) is 9.55 Å². The van der Waals surface area contributed by atoms with E-state index in [0.717, 1.165) is 0 Å². The summed E-state index contributed by atoms with van der Waals surface area (Å²) in [7, 11) is 0. The second kappa shape index (κ2) is 8.92. The predicted octanol–water partition coefficient (Wildman–Crippen LogP) is 5.42. The van der Waals surface area contributed by atoms with Crippen LogP contribution in [0.1, 0.15) is 0 Å². The van der Waals surface area contributed by atoms with Crippen LogP contribution in [0, 0.1) is 0 Å². The Labute approximate surface area is 186 Å². The van der Waals surface area contributed by atoms with E-state index in [1.54, 1.807) is 66.7 Å². The first-order valence-corrected chi connectivity index (χ1v) is 10.7. The van der Waals surface area contributed by atoms with Crippen molar-refractivity contribution in [2.24, 2.45) is 0 Å². The number of aromatic nitrogens is 2. The van der Waals surface area contributed by atoms with E-state index in [9.17, 15) is 9.59 Å². The molecule has 0 spiro atoms. The summed E-state index contributed by atoms with van der Waals surface area (Å²) in [5.74, 6) is -0.167. The average Bonchev–Trinajstić information content (AvgIpc) is 2.72. The molecule has 0 aliphatic rings. The summed E-state index contributed by atoms with van der Waals surface area (Å²) >= 11 is 13.3. The number of benzene rings is 3. The molecule has 0 fully saturated rings. The van der Waals surface area contributed by atoms with Crippen molar-refractivity contribution < 1.29 is 4.79 Å². The highest BCUT2D eigenvalue weighted by Gasteiger charge is 2.15. The van der Waals surface area contributed by atoms with E-state index < -0.39 is 0 Å². The van der Waals surface area contributed by atoms with E-state index in [2.05, 4.69) is 10.3 Å². The Bertz CT molecular complexity index is 1310. The van der Waals surface area contributed by atoms with Crippen molar-refractivity contribution in [2.45, 2.75) is 5.16 Å². The maximum absolute atomic E-state index is 13.2. The zero-order chi connectivity index (χ0) is 21.1. The molecule has 150 valence electrons. The number of carbonyl (C=O) groups is 1. The van der Waals surface area contributed by atoms with Gasteiger partial charge in [-0.15, -0.1) is 0 Å². The third-order valence-corrected chi connectivity index (χ3v) is 5.66. The predicted molar refractivity (Wildman–Crippen MR) is 123 cm³/mol. The number of carbonyl (C=O) groups excluding carboxylic acids is 1. The fourth-order valence-electron chi connectivity index (χ4n) is 2.95. The summed E-state index contributed by atoms with van der Waals surface area (Å²) in [6.07, 6.45) is 0. The van der Waals surface area contributed by atoms with Crippen molar-refractivity contribution in [3.05, 3.63) is 93.2 Å². The van der Waals surface area contributed by atoms with E-state index in [0.29, 0.717) is 37.5 Å². The highest BCUT2D eigenvalue weighted by molar-refractivity contribution is 7.99. The lowest BCUT2D eigenvalue weighted by Gasteiger charge is -2.13. The van der Waals surface area contributed by atoms with Crippen LogP contribution in [0.2, 0.25) is 10.0 Å². The van der Waals surface area contributed by atoms with Crippen molar-refractivity contribution in [3.63, 3.8) is 0 Å². The zero-order valence-electron chi connectivity index (χ0n) is 15.5. The van der Waals surface area contributed by atoms with Gasteiger partial charge in [0.15, 0.2) is 5.16 Å². The lowest BCUT2D eigenvalue weighted by molar-refractivity contribution is -0.113. The molecule has 1 amide bonds. The third-order valence-electron chi connectivity index (χ3n) is 4.25. The van der Waals surface area contributed by atoms with Crippen LogP contribution in [0.5, 0.6) is 0 Å². The highest BCUT2D eigenvalue weighted by Crippen LogP contribution is 2.23. The fourth-order valence-corrected chi connectivity index (χ4v) is 4.13. The summed E-state index contributed by atoms with van der Waals surface area (Å²) < 4.78 is 1.48. The molecule has 0 radical (unpaired) electrons. The van der Waals surface area contributed by atoms with Crippen LogP contribution in [0.3, 0.4) is 0 Å². The number of para-hydroxylation sites is 1. The lowest BCUT2D eigenvalue weighted by Crippen LogP contribution is -2.23. The molecule has 1 aromatic heterocycles. The number of fused-ring (bicyclic) bond motifs is 1. The first kappa shape index (κ1) is 20.5. The molecule has 0 aliphatic heterocycles. The van der Waals surface area contributed by atoms with Gasteiger partial charge in [-0.2, -0.15) is 0 Å². The third kappa shape index (κ3) is 4.51. The number of hydrogen-bond acceptors (Lipinski definition) is 4. The Balaban J connectivity index is 1.68. The van der Waals surface area contributed by atoms with Crippen LogP contribution in [0.15, 0.2) is 82.7 Å². The maximum atomic E-state index is 13.2. The standard InChI is InChI=1S/C22H15Cl2N3O2S/c23-14-5-3-7-16(11-14)25-20(28)13-30-22-26-19-10-2-1-9-18(19)21(29)27(22)17-8-4-6-15(24)12-17/h1-12H,13H2,(H,25,28). The minimum absolute atomic E-state index is 0.0673. The van der Waals surface area contributed by atoms with E-state index in [1.165, 1.54) is 16.3 Å². The number of halogens is 2. The fraction of sp³-hybridized carbons (Fsp3) is 0.0455. The van der Waals surface area contributed by atoms with Gasteiger partial charge >= 0.3 is 0 Å². The smallest absolute Gasteiger partial charge is 0.266 e. The summed E-state index contributed by atoms with van der Waals surface area (Å²) in [5.41, 5.74) is 1.54. The van der Waals surface area contributed by atoms with Crippen molar-refractivity contribution in [3.8, 4) is 5.69 Å². The molecule has 3 aromatic carbocycles. The molecule has 0 saturated heterocycles. The summed E-state index contributed by atoms with van der Waals surface area (Å²) in [6.45, 7) is 0. The Morgan fingerprint density at radius 3 is 2.47 bits per heavy atom. The molecule has 0 bridgehead atoms. The molecule has 0 unspecified atom stereocenters. The molecule has 8 heteroatoms. The molecular weight excluding hydrogens is 441 g/mol. The number of rotatable bonds is 5. The average molecular weight is 456 g/mol. The molecule has 0 saturated carbocycles. The van der Waals surface area contributed by atoms with Crippen molar-refractivity contribution in [1.29, 1.82) is 0 Å². The van der Waals surface area contributed by atoms with Crippen molar-refractivity contribution >= 4 is 57.5 Å². The highest BCUT2D eigenvalue weighted by atomic mass is 35.5. The van der Waals surface area contributed by atoms with Gasteiger partial charge in [-0.1, -0.05) is 59.2 Å². The number of nitrogens with one attached hydrogen (secondary N) is 1. The van der Waals surface area contributed by atoms with Crippen LogP contribution in [0.25, 0.3) is 16.6 Å². The van der Waals surface area contributed by atoms with Gasteiger partial charge in [0.2, 0.25) is 5.91 Å². The Morgan fingerprint density at radius 2 is 1.70 bits per heavy atom. The molecule has 1 N–H and O–H groups in total. The quantitative estimate of drug-likeness (QED) is 0.322. The van der Waals surface area contributed by atoms with Gasteiger partial charge in [0.25, 0.3) is 5.56 Å². The Kier molecular flexibility index (Phi) is 6.08. The van der Waals surface area contributed by atoms with E-state index in [4.69, 9.17) is 23.2 Å². The summed E-state index contributed by atoms with van der Waals surface area (Å²) in [4.78, 5) is 30.2. The van der Waals surface area contributed by atoms with E-state index in [-0.39, 0.29) is 17.2 Å². The molecule has 4 aromatic rings. The van der Waals surface area contributed by atoms with Gasteiger partial charge in [0.05, 0.1) is 22.3 Å². The summed E-state index contributed by atoms with van der Waals surface area (Å²) in [6, 6.07) is 21.0. The number of hydrogen-bond donors (Lipinski definition) is 1. The Hall–Kier alpha value is -2.80.